The SMILES string of the molecule is CN(C)S(=O)(=O)c1ccc(CC(N)C(C)(C)C)cc1. The maximum Gasteiger partial charge on any atom is 0.242 e. The lowest BCUT2D eigenvalue weighted by atomic mass is 9.84. The van der Waals surface area contributed by atoms with Crippen molar-refractivity contribution in [3.05, 3.63) is 29.8 Å². The average molecular weight is 284 g/mol. The Morgan fingerprint density at radius 2 is 1.63 bits per heavy atom. The third-order valence-corrected chi connectivity index (χ3v) is 5.10. The van der Waals surface area contributed by atoms with Crippen molar-refractivity contribution in [2.75, 3.05) is 14.1 Å². The Labute approximate surface area is 116 Å². The maximum absolute atomic E-state index is 11.9. The zero-order valence-corrected chi connectivity index (χ0v) is 13.2. The summed E-state index contributed by atoms with van der Waals surface area (Å²) in [6.45, 7) is 6.30. The Morgan fingerprint density at radius 3 is 2.00 bits per heavy atom. The van der Waals surface area contributed by atoms with Gasteiger partial charge in [0.25, 0.3) is 0 Å². The van der Waals surface area contributed by atoms with Gasteiger partial charge < -0.3 is 5.73 Å². The van der Waals surface area contributed by atoms with E-state index in [2.05, 4.69) is 20.8 Å². The van der Waals surface area contributed by atoms with Gasteiger partial charge in [-0.2, -0.15) is 0 Å². The Morgan fingerprint density at radius 1 is 1.16 bits per heavy atom. The second-order valence-corrected chi connectivity index (χ2v) is 8.26. The molecule has 1 aromatic rings. The lowest BCUT2D eigenvalue weighted by molar-refractivity contribution is 0.318. The topological polar surface area (TPSA) is 63.4 Å². The van der Waals surface area contributed by atoms with E-state index in [-0.39, 0.29) is 11.5 Å². The normalized spacial score (nSPS) is 14.7. The Hall–Kier alpha value is -0.910. The van der Waals surface area contributed by atoms with Crippen LogP contribution in [0.15, 0.2) is 29.2 Å². The highest BCUT2D eigenvalue weighted by atomic mass is 32.2. The second-order valence-electron chi connectivity index (χ2n) is 6.11. The summed E-state index contributed by atoms with van der Waals surface area (Å²) in [5.41, 5.74) is 7.22. The lowest BCUT2D eigenvalue weighted by Gasteiger charge is -2.27. The molecule has 0 amide bonds. The standard InChI is InChI=1S/C14H24N2O2S/c1-14(2,3)13(15)10-11-6-8-12(9-7-11)19(17,18)16(4)5/h6-9,13H,10,15H2,1-5H3. The highest BCUT2D eigenvalue weighted by molar-refractivity contribution is 7.89. The predicted octanol–water partition coefficient (Wildman–Crippen LogP) is 1.85. The van der Waals surface area contributed by atoms with Gasteiger partial charge in [0.05, 0.1) is 4.90 Å². The van der Waals surface area contributed by atoms with E-state index < -0.39 is 10.0 Å². The van der Waals surface area contributed by atoms with Crippen molar-refractivity contribution < 1.29 is 8.42 Å². The van der Waals surface area contributed by atoms with Crippen molar-refractivity contribution in [3.8, 4) is 0 Å². The quantitative estimate of drug-likeness (QED) is 0.918. The minimum absolute atomic E-state index is 0.0361. The van der Waals surface area contributed by atoms with Gasteiger partial charge in [-0.05, 0) is 29.5 Å². The number of rotatable bonds is 4. The van der Waals surface area contributed by atoms with Crippen LogP contribution in [-0.4, -0.2) is 32.9 Å². The van der Waals surface area contributed by atoms with Gasteiger partial charge in [-0.15, -0.1) is 0 Å². The molecule has 0 aliphatic rings. The fraction of sp³-hybridized carbons (Fsp3) is 0.571. The number of nitrogens with zero attached hydrogens (tertiary/aromatic N) is 1. The van der Waals surface area contributed by atoms with E-state index >= 15 is 0 Å². The first-order valence-electron chi connectivity index (χ1n) is 6.32. The van der Waals surface area contributed by atoms with Crippen LogP contribution in [0.25, 0.3) is 0 Å². The van der Waals surface area contributed by atoms with Crippen molar-refractivity contribution in [2.24, 2.45) is 11.1 Å². The third-order valence-electron chi connectivity index (χ3n) is 3.27. The first kappa shape index (κ1) is 16.1. The van der Waals surface area contributed by atoms with Gasteiger partial charge >= 0.3 is 0 Å². The van der Waals surface area contributed by atoms with E-state index in [4.69, 9.17) is 5.73 Å². The number of sulfonamides is 1. The van der Waals surface area contributed by atoms with Gasteiger partial charge in [0, 0.05) is 20.1 Å². The van der Waals surface area contributed by atoms with Crippen LogP contribution in [-0.2, 0) is 16.4 Å². The summed E-state index contributed by atoms with van der Waals surface area (Å²) in [6, 6.07) is 6.99. The Bertz CT molecular complexity index is 513. The van der Waals surface area contributed by atoms with Crippen molar-refractivity contribution in [1.82, 2.24) is 4.31 Å². The molecule has 0 saturated carbocycles. The van der Waals surface area contributed by atoms with Gasteiger partial charge in [0.15, 0.2) is 0 Å². The van der Waals surface area contributed by atoms with Crippen molar-refractivity contribution in [3.63, 3.8) is 0 Å². The minimum Gasteiger partial charge on any atom is -0.327 e. The molecule has 1 aromatic carbocycles. The zero-order chi connectivity index (χ0) is 14.8. The molecule has 5 heteroatoms. The number of hydrogen-bond acceptors (Lipinski definition) is 3. The monoisotopic (exact) mass is 284 g/mol. The van der Waals surface area contributed by atoms with Crippen molar-refractivity contribution >= 4 is 10.0 Å². The first-order valence-corrected chi connectivity index (χ1v) is 7.76. The lowest BCUT2D eigenvalue weighted by Crippen LogP contribution is -2.36. The number of benzene rings is 1. The fourth-order valence-electron chi connectivity index (χ4n) is 1.57. The second kappa shape index (κ2) is 5.61. The molecule has 0 saturated heterocycles. The van der Waals surface area contributed by atoms with Crippen LogP contribution in [0.5, 0.6) is 0 Å². The molecule has 4 nitrogen and oxygen atoms in total. The van der Waals surface area contributed by atoms with E-state index in [1.807, 2.05) is 12.1 Å². The van der Waals surface area contributed by atoms with Crippen molar-refractivity contribution in [1.29, 1.82) is 0 Å². The molecule has 2 N–H and O–H groups in total. The molecule has 1 unspecified atom stereocenters. The van der Waals surface area contributed by atoms with Gasteiger partial charge in [0.2, 0.25) is 10.0 Å². The van der Waals surface area contributed by atoms with Crippen LogP contribution in [0.3, 0.4) is 0 Å². The molecule has 0 aliphatic carbocycles. The Kier molecular flexibility index (Phi) is 4.76. The molecular formula is C14H24N2O2S. The summed E-state index contributed by atoms with van der Waals surface area (Å²) in [5, 5.41) is 0. The summed E-state index contributed by atoms with van der Waals surface area (Å²) in [4.78, 5) is 0.311. The molecule has 0 bridgehead atoms. The molecule has 0 spiro atoms. The number of nitrogens with two attached hydrogens (primary N) is 1. The average Bonchev–Trinajstić information content (AvgIpc) is 2.28. The Balaban J connectivity index is 2.90. The molecule has 1 atom stereocenters. The minimum atomic E-state index is -3.35. The van der Waals surface area contributed by atoms with Crippen LogP contribution in [0, 0.1) is 5.41 Å². The van der Waals surface area contributed by atoms with Crippen molar-refractivity contribution in [2.45, 2.75) is 38.1 Å². The molecule has 108 valence electrons. The molecule has 0 heterocycles. The smallest absolute Gasteiger partial charge is 0.242 e. The fourth-order valence-corrected chi connectivity index (χ4v) is 2.47. The van der Waals surface area contributed by atoms with Gasteiger partial charge in [-0.25, -0.2) is 12.7 Å². The van der Waals surface area contributed by atoms with E-state index in [9.17, 15) is 8.42 Å². The molecule has 0 fully saturated rings. The van der Waals surface area contributed by atoms with Crippen LogP contribution < -0.4 is 5.73 Å². The molecule has 19 heavy (non-hydrogen) atoms. The molecule has 1 rings (SSSR count). The summed E-state index contributed by atoms with van der Waals surface area (Å²) >= 11 is 0. The van der Waals surface area contributed by atoms with Crippen LogP contribution in [0.2, 0.25) is 0 Å². The molecule has 0 aliphatic heterocycles. The molecule has 0 radical (unpaired) electrons. The number of hydrogen-bond donors (Lipinski definition) is 1. The molecule has 0 aromatic heterocycles. The van der Waals surface area contributed by atoms with Gasteiger partial charge in [-0.3, -0.25) is 0 Å². The van der Waals surface area contributed by atoms with Crippen LogP contribution in [0.1, 0.15) is 26.3 Å². The van der Waals surface area contributed by atoms with Crippen LogP contribution >= 0.6 is 0 Å². The zero-order valence-electron chi connectivity index (χ0n) is 12.3. The summed E-state index contributed by atoms with van der Waals surface area (Å²) in [7, 11) is -0.295. The predicted molar refractivity (Wildman–Crippen MR) is 78.4 cm³/mol. The highest BCUT2D eigenvalue weighted by Crippen LogP contribution is 2.21. The van der Waals surface area contributed by atoms with E-state index in [1.54, 1.807) is 12.1 Å². The maximum atomic E-state index is 11.9. The van der Waals surface area contributed by atoms with E-state index in [1.165, 1.54) is 18.4 Å². The first-order chi connectivity index (χ1) is 8.55. The third kappa shape index (κ3) is 4.03. The summed E-state index contributed by atoms with van der Waals surface area (Å²) in [6.07, 6.45) is 0.742. The van der Waals surface area contributed by atoms with Crippen LogP contribution in [0.4, 0.5) is 0 Å². The summed E-state index contributed by atoms with van der Waals surface area (Å²) < 4.78 is 25.1. The van der Waals surface area contributed by atoms with Gasteiger partial charge in [0.1, 0.15) is 0 Å². The van der Waals surface area contributed by atoms with E-state index in [0.717, 1.165) is 12.0 Å². The summed E-state index contributed by atoms with van der Waals surface area (Å²) in [5.74, 6) is 0. The molecular weight excluding hydrogens is 260 g/mol. The highest BCUT2D eigenvalue weighted by Gasteiger charge is 2.21. The largest absolute Gasteiger partial charge is 0.327 e. The van der Waals surface area contributed by atoms with E-state index in [0.29, 0.717) is 4.90 Å². The van der Waals surface area contributed by atoms with Gasteiger partial charge in [-0.1, -0.05) is 32.9 Å².